The first kappa shape index (κ1) is 14.4. The molecule has 1 unspecified atom stereocenters. The Hall–Kier alpha value is -1.06. The number of benzene rings is 1. The van der Waals surface area contributed by atoms with Crippen molar-refractivity contribution in [2.75, 3.05) is 39.8 Å². The van der Waals surface area contributed by atoms with Crippen molar-refractivity contribution in [2.45, 2.75) is 19.8 Å². The number of hydrogen-bond acceptors (Lipinski definition) is 3. The first-order valence-corrected chi connectivity index (χ1v) is 7.28. The Labute approximate surface area is 116 Å². The Morgan fingerprint density at radius 3 is 2.95 bits per heavy atom. The number of fused-ring (bicyclic) bond motifs is 1. The SMILES string of the molecule is CC(C)CNCCN(C)CC1COc2ccccc21. The van der Waals surface area contributed by atoms with Crippen LogP contribution in [0.1, 0.15) is 25.3 Å². The van der Waals surface area contributed by atoms with E-state index in [0.717, 1.165) is 44.5 Å². The topological polar surface area (TPSA) is 24.5 Å². The van der Waals surface area contributed by atoms with Crippen LogP contribution in [0, 0.1) is 5.92 Å². The Bertz CT molecular complexity index is 392. The van der Waals surface area contributed by atoms with Crippen LogP contribution in [-0.4, -0.2) is 44.7 Å². The average Bonchev–Trinajstić information content (AvgIpc) is 2.78. The van der Waals surface area contributed by atoms with Crippen molar-refractivity contribution in [3.8, 4) is 5.75 Å². The van der Waals surface area contributed by atoms with Gasteiger partial charge in [-0.3, -0.25) is 0 Å². The molecule has 0 aromatic heterocycles. The molecule has 1 aliphatic heterocycles. The monoisotopic (exact) mass is 262 g/mol. The van der Waals surface area contributed by atoms with E-state index >= 15 is 0 Å². The minimum atomic E-state index is 0.520. The summed E-state index contributed by atoms with van der Waals surface area (Å²) >= 11 is 0. The molecular weight excluding hydrogens is 236 g/mol. The third-order valence-electron chi connectivity index (χ3n) is 3.55. The number of nitrogens with one attached hydrogen (secondary N) is 1. The fourth-order valence-electron chi connectivity index (χ4n) is 2.51. The summed E-state index contributed by atoms with van der Waals surface area (Å²) in [6, 6.07) is 8.41. The lowest BCUT2D eigenvalue weighted by Crippen LogP contribution is -2.33. The summed E-state index contributed by atoms with van der Waals surface area (Å²) in [5.41, 5.74) is 1.37. The summed E-state index contributed by atoms with van der Waals surface area (Å²) < 4.78 is 5.73. The van der Waals surface area contributed by atoms with Crippen molar-refractivity contribution < 1.29 is 4.74 Å². The highest BCUT2D eigenvalue weighted by Crippen LogP contribution is 2.33. The smallest absolute Gasteiger partial charge is 0.122 e. The molecule has 0 fully saturated rings. The van der Waals surface area contributed by atoms with Crippen LogP contribution in [0.5, 0.6) is 5.75 Å². The molecule has 0 aliphatic carbocycles. The van der Waals surface area contributed by atoms with Gasteiger partial charge >= 0.3 is 0 Å². The van der Waals surface area contributed by atoms with Gasteiger partial charge in [-0.1, -0.05) is 32.0 Å². The zero-order valence-corrected chi connectivity index (χ0v) is 12.4. The summed E-state index contributed by atoms with van der Waals surface area (Å²) in [6.45, 7) is 9.62. The first-order valence-electron chi connectivity index (χ1n) is 7.28. The van der Waals surface area contributed by atoms with Gasteiger partial charge < -0.3 is 15.0 Å². The molecule has 19 heavy (non-hydrogen) atoms. The van der Waals surface area contributed by atoms with Crippen LogP contribution in [0.15, 0.2) is 24.3 Å². The van der Waals surface area contributed by atoms with E-state index in [2.05, 4.69) is 49.3 Å². The van der Waals surface area contributed by atoms with E-state index in [1.54, 1.807) is 0 Å². The van der Waals surface area contributed by atoms with Crippen LogP contribution >= 0.6 is 0 Å². The molecule has 0 amide bonds. The minimum absolute atomic E-state index is 0.520. The second-order valence-electron chi connectivity index (χ2n) is 5.91. The maximum absolute atomic E-state index is 5.73. The highest BCUT2D eigenvalue weighted by Gasteiger charge is 2.24. The summed E-state index contributed by atoms with van der Waals surface area (Å²) in [6.07, 6.45) is 0. The summed E-state index contributed by atoms with van der Waals surface area (Å²) in [5.74, 6) is 2.31. The molecule has 1 heterocycles. The van der Waals surface area contributed by atoms with E-state index in [4.69, 9.17) is 4.74 Å². The number of para-hydroxylation sites is 1. The third-order valence-corrected chi connectivity index (χ3v) is 3.55. The zero-order valence-electron chi connectivity index (χ0n) is 12.4. The average molecular weight is 262 g/mol. The number of nitrogens with zero attached hydrogens (tertiary/aromatic N) is 1. The van der Waals surface area contributed by atoms with Crippen LogP contribution in [0.4, 0.5) is 0 Å². The Morgan fingerprint density at radius 2 is 2.16 bits per heavy atom. The van der Waals surface area contributed by atoms with Crippen LogP contribution in [0.2, 0.25) is 0 Å². The van der Waals surface area contributed by atoms with Gasteiger partial charge in [0.15, 0.2) is 0 Å². The van der Waals surface area contributed by atoms with E-state index in [1.165, 1.54) is 5.56 Å². The van der Waals surface area contributed by atoms with Gasteiger partial charge in [0.05, 0.1) is 6.61 Å². The van der Waals surface area contributed by atoms with Gasteiger partial charge in [-0.25, -0.2) is 0 Å². The standard InChI is InChI=1S/C16H26N2O/c1-13(2)10-17-8-9-18(3)11-14-12-19-16-7-5-4-6-15(14)16/h4-7,13-14,17H,8-12H2,1-3H3. The molecule has 3 heteroatoms. The van der Waals surface area contributed by atoms with Gasteiger partial charge in [0, 0.05) is 31.1 Å². The summed E-state index contributed by atoms with van der Waals surface area (Å²) in [7, 11) is 2.19. The number of ether oxygens (including phenoxy) is 1. The predicted molar refractivity (Wildman–Crippen MR) is 79.9 cm³/mol. The normalized spacial score (nSPS) is 17.8. The highest BCUT2D eigenvalue weighted by molar-refractivity contribution is 5.39. The zero-order chi connectivity index (χ0) is 13.7. The van der Waals surface area contributed by atoms with E-state index in [1.807, 2.05) is 6.07 Å². The number of hydrogen-bond donors (Lipinski definition) is 1. The molecule has 1 atom stereocenters. The third kappa shape index (κ3) is 4.22. The predicted octanol–water partition coefficient (Wildman–Crippen LogP) is 2.34. The molecule has 1 aromatic carbocycles. The summed E-state index contributed by atoms with van der Waals surface area (Å²) in [5, 5.41) is 3.49. The molecule has 3 nitrogen and oxygen atoms in total. The molecule has 1 aliphatic rings. The van der Waals surface area contributed by atoms with E-state index < -0.39 is 0 Å². The molecule has 2 rings (SSSR count). The lowest BCUT2D eigenvalue weighted by atomic mass is 10.0. The molecule has 0 saturated heterocycles. The van der Waals surface area contributed by atoms with E-state index in [9.17, 15) is 0 Å². The van der Waals surface area contributed by atoms with Gasteiger partial charge in [0.25, 0.3) is 0 Å². The molecule has 106 valence electrons. The van der Waals surface area contributed by atoms with Crippen LogP contribution in [-0.2, 0) is 0 Å². The Morgan fingerprint density at radius 1 is 1.37 bits per heavy atom. The van der Waals surface area contributed by atoms with E-state index in [-0.39, 0.29) is 0 Å². The van der Waals surface area contributed by atoms with Gasteiger partial charge in [-0.05, 0) is 25.6 Å². The van der Waals surface area contributed by atoms with Crippen molar-refractivity contribution in [2.24, 2.45) is 5.92 Å². The van der Waals surface area contributed by atoms with Gasteiger partial charge in [0.2, 0.25) is 0 Å². The van der Waals surface area contributed by atoms with Crippen LogP contribution < -0.4 is 10.1 Å². The largest absolute Gasteiger partial charge is 0.493 e. The number of likely N-dealkylation sites (N-methyl/N-ethyl adjacent to an activating group) is 1. The lowest BCUT2D eigenvalue weighted by Gasteiger charge is -2.20. The van der Waals surface area contributed by atoms with E-state index in [0.29, 0.717) is 5.92 Å². The highest BCUT2D eigenvalue weighted by atomic mass is 16.5. The molecular formula is C16H26N2O. The molecule has 1 aromatic rings. The van der Waals surface area contributed by atoms with Crippen molar-refractivity contribution >= 4 is 0 Å². The van der Waals surface area contributed by atoms with Gasteiger partial charge in [-0.15, -0.1) is 0 Å². The summed E-state index contributed by atoms with van der Waals surface area (Å²) in [4.78, 5) is 2.39. The fourth-order valence-corrected chi connectivity index (χ4v) is 2.51. The number of rotatable bonds is 7. The lowest BCUT2D eigenvalue weighted by molar-refractivity contribution is 0.265. The van der Waals surface area contributed by atoms with Crippen LogP contribution in [0.25, 0.3) is 0 Å². The maximum Gasteiger partial charge on any atom is 0.122 e. The van der Waals surface area contributed by atoms with Crippen LogP contribution in [0.3, 0.4) is 0 Å². The first-order chi connectivity index (χ1) is 9.16. The van der Waals surface area contributed by atoms with Crippen molar-refractivity contribution in [3.63, 3.8) is 0 Å². The second kappa shape index (κ2) is 6.92. The Balaban J connectivity index is 1.73. The Kier molecular flexibility index (Phi) is 5.23. The molecule has 1 N–H and O–H groups in total. The molecule has 0 bridgehead atoms. The van der Waals surface area contributed by atoms with Crippen molar-refractivity contribution in [1.82, 2.24) is 10.2 Å². The maximum atomic E-state index is 5.73. The van der Waals surface area contributed by atoms with Gasteiger partial charge in [0.1, 0.15) is 5.75 Å². The molecule has 0 saturated carbocycles. The minimum Gasteiger partial charge on any atom is -0.493 e. The van der Waals surface area contributed by atoms with Gasteiger partial charge in [-0.2, -0.15) is 0 Å². The molecule has 0 radical (unpaired) electrons. The quantitative estimate of drug-likeness (QED) is 0.763. The second-order valence-corrected chi connectivity index (χ2v) is 5.91. The fraction of sp³-hybridized carbons (Fsp3) is 0.625. The van der Waals surface area contributed by atoms with Crippen molar-refractivity contribution in [1.29, 1.82) is 0 Å². The van der Waals surface area contributed by atoms with Crippen molar-refractivity contribution in [3.05, 3.63) is 29.8 Å². The molecule has 0 spiro atoms.